The van der Waals surface area contributed by atoms with Crippen LogP contribution in [-0.2, 0) is 0 Å². The third-order valence-corrected chi connectivity index (χ3v) is 8.15. The van der Waals surface area contributed by atoms with E-state index in [1.807, 2.05) is 6.07 Å². The highest BCUT2D eigenvalue weighted by atomic mass is 19.4. The van der Waals surface area contributed by atoms with E-state index in [1.165, 1.54) is 5.56 Å². The van der Waals surface area contributed by atoms with Crippen LogP contribution in [0.1, 0.15) is 41.6 Å². The number of anilines is 1. The molecule has 2 N–H and O–H groups in total. The second-order valence-electron chi connectivity index (χ2n) is 11.0. The lowest BCUT2D eigenvalue weighted by Crippen LogP contribution is -2.75. The van der Waals surface area contributed by atoms with Crippen molar-refractivity contribution in [2.45, 2.75) is 49.5 Å². The Hall–Kier alpha value is -3.23. The molecule has 0 spiro atoms. The Morgan fingerprint density at radius 3 is 2.49 bits per heavy atom. The molecule has 1 amide bonds. The summed E-state index contributed by atoms with van der Waals surface area (Å²) in [6.07, 6.45) is -3.35. The van der Waals surface area contributed by atoms with Crippen LogP contribution in [0.25, 0.3) is 0 Å². The van der Waals surface area contributed by atoms with Gasteiger partial charge in [-0.25, -0.2) is 8.78 Å². The van der Waals surface area contributed by atoms with E-state index in [-0.39, 0.29) is 12.1 Å². The molecular weight excluding hydrogens is 517 g/mol. The summed E-state index contributed by atoms with van der Waals surface area (Å²) >= 11 is 0. The number of nitrogens with zero attached hydrogens (tertiary/aromatic N) is 3. The molecule has 0 radical (unpaired) electrons. The summed E-state index contributed by atoms with van der Waals surface area (Å²) in [7, 11) is 0. The molecule has 6 nitrogen and oxygen atoms in total. The average molecular weight is 548 g/mol. The maximum absolute atomic E-state index is 14.9. The number of nitriles is 1. The van der Waals surface area contributed by atoms with Crippen LogP contribution in [0.15, 0.2) is 42.5 Å². The number of carbonyl (C=O) groups excluding carboxylic acids is 1. The van der Waals surface area contributed by atoms with Crippen LogP contribution in [0.4, 0.5) is 27.6 Å². The number of alkyl halides is 3. The standard InChI is InChI=1S/C28H30F5N5O/c1-17(28(31,32)33)36-26(39)21-9-23(30)25(11-22(21)29)37-15-27(16-37,7-8-34)38-13-18(14-38)12-35-24-10-20(24)19-5-3-2-4-6-19/h2-6,9,11,17-18,20,24,35H,7,10,12-16H2,1H3,(H,36,39)/t17?,20-,24+/m0/s1. The number of likely N-dealkylation sites (tertiary alicyclic amines) is 1. The van der Waals surface area contributed by atoms with Gasteiger partial charge in [-0.05, 0) is 30.9 Å². The summed E-state index contributed by atoms with van der Waals surface area (Å²) in [5.41, 5.74) is -0.000287. The van der Waals surface area contributed by atoms with Crippen LogP contribution >= 0.6 is 0 Å². The fourth-order valence-electron chi connectivity index (χ4n) is 5.61. The molecule has 39 heavy (non-hydrogen) atoms. The lowest BCUT2D eigenvalue weighted by Gasteiger charge is -2.60. The van der Waals surface area contributed by atoms with E-state index in [9.17, 15) is 32.0 Å². The SMILES string of the molecule is CC(NC(=O)c1cc(F)c(N2CC(CC#N)(N3CC(CN[C@@H]4C[C@H]4c4ccccc4)C3)C2)cc1F)C(F)(F)F. The first-order chi connectivity index (χ1) is 18.5. The predicted octanol–water partition coefficient (Wildman–Crippen LogP) is 4.20. The highest BCUT2D eigenvalue weighted by Crippen LogP contribution is 2.42. The molecule has 3 fully saturated rings. The molecule has 2 aliphatic heterocycles. The van der Waals surface area contributed by atoms with Crippen LogP contribution in [0.3, 0.4) is 0 Å². The number of hydrogen-bond acceptors (Lipinski definition) is 5. The number of rotatable bonds is 9. The van der Waals surface area contributed by atoms with E-state index < -0.39 is 40.9 Å². The zero-order valence-corrected chi connectivity index (χ0v) is 21.4. The van der Waals surface area contributed by atoms with Gasteiger partial charge in [0.2, 0.25) is 0 Å². The molecule has 11 heteroatoms. The second-order valence-corrected chi connectivity index (χ2v) is 11.0. The minimum atomic E-state index is -4.71. The van der Waals surface area contributed by atoms with E-state index >= 15 is 0 Å². The van der Waals surface area contributed by atoms with Gasteiger partial charge in [0.25, 0.3) is 5.91 Å². The summed E-state index contributed by atoms with van der Waals surface area (Å²) in [4.78, 5) is 15.9. The van der Waals surface area contributed by atoms with Crippen molar-refractivity contribution in [3.8, 4) is 6.07 Å². The number of benzene rings is 2. The lowest BCUT2D eigenvalue weighted by molar-refractivity contribution is -0.149. The molecule has 1 saturated carbocycles. The first-order valence-corrected chi connectivity index (χ1v) is 13.0. The van der Waals surface area contributed by atoms with E-state index in [4.69, 9.17) is 0 Å². The molecule has 3 aliphatic rings. The lowest BCUT2D eigenvalue weighted by atomic mass is 9.79. The zero-order chi connectivity index (χ0) is 27.9. The molecule has 0 aromatic heterocycles. The summed E-state index contributed by atoms with van der Waals surface area (Å²) in [6.45, 7) is 3.84. The third-order valence-electron chi connectivity index (χ3n) is 8.15. The van der Waals surface area contributed by atoms with Crippen LogP contribution in [0.5, 0.6) is 0 Å². The summed E-state index contributed by atoms with van der Waals surface area (Å²) in [6, 6.07) is 12.4. The fourth-order valence-corrected chi connectivity index (χ4v) is 5.61. The maximum atomic E-state index is 14.9. The van der Waals surface area contributed by atoms with Gasteiger partial charge in [0.05, 0.1) is 29.3 Å². The molecule has 2 saturated heterocycles. The Balaban J connectivity index is 1.14. The van der Waals surface area contributed by atoms with Gasteiger partial charge in [-0.2, -0.15) is 18.4 Å². The largest absolute Gasteiger partial charge is 0.408 e. The normalized spacial score (nSPS) is 23.4. The van der Waals surface area contributed by atoms with Crippen molar-refractivity contribution >= 4 is 11.6 Å². The average Bonchev–Trinajstić information content (AvgIpc) is 3.61. The van der Waals surface area contributed by atoms with Crippen LogP contribution < -0.4 is 15.5 Å². The fraction of sp³-hybridized carbons (Fsp3) is 0.500. The molecule has 208 valence electrons. The van der Waals surface area contributed by atoms with Gasteiger partial charge >= 0.3 is 6.18 Å². The molecule has 2 heterocycles. The quantitative estimate of drug-likeness (QED) is 0.461. The monoisotopic (exact) mass is 547 g/mol. The second kappa shape index (κ2) is 10.4. The Morgan fingerprint density at radius 2 is 1.85 bits per heavy atom. The van der Waals surface area contributed by atoms with Gasteiger partial charge in [0.15, 0.2) is 0 Å². The van der Waals surface area contributed by atoms with Crippen LogP contribution in [0.2, 0.25) is 0 Å². The Bertz CT molecular complexity index is 1250. The summed E-state index contributed by atoms with van der Waals surface area (Å²) < 4.78 is 67.7. The zero-order valence-electron chi connectivity index (χ0n) is 21.4. The molecule has 2 aromatic carbocycles. The van der Waals surface area contributed by atoms with Gasteiger partial charge < -0.3 is 15.5 Å². The Kier molecular flexibility index (Phi) is 7.29. The first kappa shape index (κ1) is 27.3. The van der Waals surface area contributed by atoms with E-state index in [1.54, 1.807) is 10.2 Å². The molecule has 5 rings (SSSR count). The molecule has 2 aromatic rings. The van der Waals surface area contributed by atoms with Crippen molar-refractivity contribution in [3.63, 3.8) is 0 Å². The molecule has 0 bridgehead atoms. The van der Waals surface area contributed by atoms with Crippen molar-refractivity contribution < 1.29 is 26.7 Å². The van der Waals surface area contributed by atoms with Crippen molar-refractivity contribution in [2.75, 3.05) is 37.6 Å². The van der Waals surface area contributed by atoms with E-state index in [0.29, 0.717) is 37.0 Å². The first-order valence-electron chi connectivity index (χ1n) is 13.0. The number of carbonyl (C=O) groups is 1. The van der Waals surface area contributed by atoms with Crippen molar-refractivity contribution in [1.29, 1.82) is 5.26 Å². The van der Waals surface area contributed by atoms with Gasteiger partial charge in [0.1, 0.15) is 17.7 Å². The molecular formula is C28H30F5N5O. The van der Waals surface area contributed by atoms with Gasteiger partial charge in [-0.15, -0.1) is 0 Å². The smallest absolute Gasteiger partial charge is 0.365 e. The van der Waals surface area contributed by atoms with E-state index in [0.717, 1.165) is 39.0 Å². The minimum Gasteiger partial charge on any atom is -0.365 e. The molecule has 1 unspecified atom stereocenters. The van der Waals surface area contributed by atoms with Gasteiger partial charge in [-0.1, -0.05) is 30.3 Å². The number of hydrogen-bond donors (Lipinski definition) is 2. The number of nitrogens with one attached hydrogen (secondary N) is 2. The predicted molar refractivity (Wildman–Crippen MR) is 135 cm³/mol. The van der Waals surface area contributed by atoms with Crippen molar-refractivity contribution in [2.24, 2.45) is 5.92 Å². The number of amides is 1. The number of halogens is 5. The van der Waals surface area contributed by atoms with Crippen LogP contribution in [0, 0.1) is 28.9 Å². The highest BCUT2D eigenvalue weighted by Gasteiger charge is 2.52. The minimum absolute atomic E-state index is 0.0825. The summed E-state index contributed by atoms with van der Waals surface area (Å²) in [5.74, 6) is -2.37. The van der Waals surface area contributed by atoms with E-state index in [2.05, 4.69) is 40.6 Å². The Morgan fingerprint density at radius 1 is 1.15 bits per heavy atom. The molecule has 3 atom stereocenters. The van der Waals surface area contributed by atoms with Crippen LogP contribution in [-0.4, -0.2) is 67.3 Å². The van der Waals surface area contributed by atoms with Gasteiger partial charge in [0, 0.05) is 50.7 Å². The third kappa shape index (κ3) is 5.58. The molecule has 1 aliphatic carbocycles. The van der Waals surface area contributed by atoms with Crippen molar-refractivity contribution in [3.05, 3.63) is 65.2 Å². The Labute approximate surface area is 223 Å². The maximum Gasteiger partial charge on any atom is 0.408 e. The van der Waals surface area contributed by atoms with Crippen molar-refractivity contribution in [1.82, 2.24) is 15.5 Å². The van der Waals surface area contributed by atoms with Gasteiger partial charge in [-0.3, -0.25) is 9.69 Å². The highest BCUT2D eigenvalue weighted by molar-refractivity contribution is 5.95. The topological polar surface area (TPSA) is 71.4 Å². The summed E-state index contributed by atoms with van der Waals surface area (Å²) in [5, 5.41) is 14.7.